The largest absolute Gasteiger partial charge is 0.330 e. The number of hydrogen-bond donors (Lipinski definition) is 0. The fourth-order valence-corrected chi connectivity index (χ4v) is 3.96. The van der Waals surface area contributed by atoms with E-state index in [1.165, 1.54) is 10.4 Å². The predicted molar refractivity (Wildman–Crippen MR) is 109 cm³/mol. The fourth-order valence-electron chi connectivity index (χ4n) is 3.06. The van der Waals surface area contributed by atoms with Gasteiger partial charge in [-0.1, -0.05) is 30.3 Å². The molecule has 4 rings (SSSR count). The minimum absolute atomic E-state index is 0.174. The summed E-state index contributed by atoms with van der Waals surface area (Å²) in [5, 5.41) is 4.39. The van der Waals surface area contributed by atoms with Crippen molar-refractivity contribution in [3.05, 3.63) is 81.6 Å². The van der Waals surface area contributed by atoms with Crippen LogP contribution in [0, 0.1) is 13.8 Å². The standard InChI is InChI=1S/C21H21N5OS/c1-15-10-12-22-21-23-19(24-26(15)21)20(27)25(14-18-9-8-16(2)28-18)13-11-17-6-4-3-5-7-17/h3-10,12H,11,13-14H2,1-2H3. The van der Waals surface area contributed by atoms with Gasteiger partial charge in [0.2, 0.25) is 5.82 Å². The number of amides is 1. The number of carbonyl (C=O) groups is 1. The summed E-state index contributed by atoms with van der Waals surface area (Å²) in [5.74, 6) is 0.452. The van der Waals surface area contributed by atoms with Crippen molar-refractivity contribution in [2.45, 2.75) is 26.8 Å². The third kappa shape index (κ3) is 3.94. The maximum atomic E-state index is 13.2. The normalized spacial score (nSPS) is 11.1. The molecule has 0 saturated heterocycles. The van der Waals surface area contributed by atoms with Gasteiger partial charge < -0.3 is 4.90 Å². The Morgan fingerprint density at radius 2 is 1.93 bits per heavy atom. The number of thiophene rings is 1. The lowest BCUT2D eigenvalue weighted by atomic mass is 10.1. The summed E-state index contributed by atoms with van der Waals surface area (Å²) in [5.41, 5.74) is 2.09. The zero-order chi connectivity index (χ0) is 19.5. The van der Waals surface area contributed by atoms with E-state index in [9.17, 15) is 4.79 Å². The van der Waals surface area contributed by atoms with E-state index in [-0.39, 0.29) is 11.7 Å². The Morgan fingerprint density at radius 1 is 1.11 bits per heavy atom. The zero-order valence-corrected chi connectivity index (χ0v) is 16.7. The van der Waals surface area contributed by atoms with E-state index in [2.05, 4.69) is 46.3 Å². The summed E-state index contributed by atoms with van der Waals surface area (Å²) in [6, 6.07) is 16.2. The number of hydrogen-bond acceptors (Lipinski definition) is 5. The van der Waals surface area contributed by atoms with Gasteiger partial charge in [-0.05, 0) is 44.0 Å². The second-order valence-corrected chi connectivity index (χ2v) is 8.08. The molecule has 0 aliphatic rings. The first-order valence-corrected chi connectivity index (χ1v) is 9.99. The van der Waals surface area contributed by atoms with E-state index in [0.29, 0.717) is 18.9 Å². The Balaban J connectivity index is 1.60. The Labute approximate surface area is 167 Å². The molecular weight excluding hydrogens is 370 g/mol. The number of benzene rings is 1. The molecule has 28 heavy (non-hydrogen) atoms. The molecule has 0 spiro atoms. The van der Waals surface area contributed by atoms with E-state index in [1.807, 2.05) is 36.1 Å². The SMILES string of the molecule is Cc1ccc(CN(CCc2ccccc2)C(=O)c2nc3nccc(C)n3n2)s1. The van der Waals surface area contributed by atoms with Gasteiger partial charge in [0, 0.05) is 28.2 Å². The Kier molecular flexibility index (Phi) is 5.16. The molecule has 0 unspecified atom stereocenters. The number of fused-ring (bicyclic) bond motifs is 1. The van der Waals surface area contributed by atoms with Crippen molar-refractivity contribution in [1.29, 1.82) is 0 Å². The maximum Gasteiger partial charge on any atom is 0.293 e. The van der Waals surface area contributed by atoms with Crippen LogP contribution in [-0.4, -0.2) is 36.9 Å². The number of carbonyl (C=O) groups excluding carboxylic acids is 1. The van der Waals surface area contributed by atoms with Crippen LogP contribution < -0.4 is 0 Å². The molecule has 0 aliphatic carbocycles. The van der Waals surface area contributed by atoms with Crippen LogP contribution in [0.3, 0.4) is 0 Å². The molecule has 142 valence electrons. The van der Waals surface area contributed by atoms with E-state index in [1.54, 1.807) is 22.0 Å². The molecule has 6 nitrogen and oxygen atoms in total. The summed E-state index contributed by atoms with van der Waals surface area (Å²) in [6.07, 6.45) is 2.46. The molecular formula is C21H21N5OS. The highest BCUT2D eigenvalue weighted by Gasteiger charge is 2.22. The zero-order valence-electron chi connectivity index (χ0n) is 15.9. The van der Waals surface area contributed by atoms with Gasteiger partial charge in [0.25, 0.3) is 11.7 Å². The number of rotatable bonds is 6. The van der Waals surface area contributed by atoms with Crippen LogP contribution >= 0.6 is 11.3 Å². The quantitative estimate of drug-likeness (QED) is 0.503. The lowest BCUT2D eigenvalue weighted by Gasteiger charge is -2.20. The third-order valence-corrected chi connectivity index (χ3v) is 5.55. The average molecular weight is 392 g/mol. The molecule has 0 atom stereocenters. The molecule has 0 fully saturated rings. The van der Waals surface area contributed by atoms with Crippen LogP contribution in [0.25, 0.3) is 5.78 Å². The number of aryl methyl sites for hydroxylation is 2. The molecule has 7 heteroatoms. The molecule has 0 N–H and O–H groups in total. The minimum atomic E-state index is -0.174. The topological polar surface area (TPSA) is 63.4 Å². The van der Waals surface area contributed by atoms with Gasteiger partial charge in [-0.25, -0.2) is 9.50 Å². The Hall–Kier alpha value is -3.06. The van der Waals surface area contributed by atoms with Crippen LogP contribution in [-0.2, 0) is 13.0 Å². The molecule has 1 aromatic carbocycles. The van der Waals surface area contributed by atoms with Crippen LogP contribution in [0.15, 0.2) is 54.7 Å². The first-order chi connectivity index (χ1) is 13.6. The third-order valence-electron chi connectivity index (χ3n) is 4.56. The summed E-state index contributed by atoms with van der Waals surface area (Å²) < 4.78 is 1.61. The number of aromatic nitrogens is 4. The van der Waals surface area contributed by atoms with Crippen LogP contribution in [0.4, 0.5) is 0 Å². The van der Waals surface area contributed by atoms with Crippen molar-refractivity contribution in [2.75, 3.05) is 6.54 Å². The highest BCUT2D eigenvalue weighted by Crippen LogP contribution is 2.19. The molecule has 0 aliphatic heterocycles. The summed E-state index contributed by atoms with van der Waals surface area (Å²) >= 11 is 1.71. The molecule has 3 heterocycles. The summed E-state index contributed by atoms with van der Waals surface area (Å²) in [6.45, 7) is 5.13. The van der Waals surface area contributed by atoms with Crippen molar-refractivity contribution >= 4 is 23.0 Å². The highest BCUT2D eigenvalue weighted by atomic mass is 32.1. The first-order valence-electron chi connectivity index (χ1n) is 9.17. The minimum Gasteiger partial charge on any atom is -0.330 e. The molecule has 1 amide bonds. The van der Waals surface area contributed by atoms with Crippen LogP contribution in [0.1, 0.15) is 31.6 Å². The lowest BCUT2D eigenvalue weighted by Crippen LogP contribution is -2.33. The van der Waals surface area contributed by atoms with Gasteiger partial charge in [0.05, 0.1) is 6.54 Å². The monoisotopic (exact) mass is 391 g/mol. The highest BCUT2D eigenvalue weighted by molar-refractivity contribution is 7.11. The van der Waals surface area contributed by atoms with Gasteiger partial charge in [-0.2, -0.15) is 4.98 Å². The van der Waals surface area contributed by atoms with Gasteiger partial charge in [-0.15, -0.1) is 16.4 Å². The molecule has 0 saturated carbocycles. The van der Waals surface area contributed by atoms with Crippen molar-refractivity contribution in [2.24, 2.45) is 0 Å². The van der Waals surface area contributed by atoms with Crippen molar-refractivity contribution in [1.82, 2.24) is 24.5 Å². The van der Waals surface area contributed by atoms with Crippen LogP contribution in [0.5, 0.6) is 0 Å². The first kappa shape index (κ1) is 18.3. The smallest absolute Gasteiger partial charge is 0.293 e. The second-order valence-electron chi connectivity index (χ2n) is 6.71. The van der Waals surface area contributed by atoms with E-state index < -0.39 is 0 Å². The van der Waals surface area contributed by atoms with Crippen molar-refractivity contribution in [3.63, 3.8) is 0 Å². The van der Waals surface area contributed by atoms with Crippen molar-refractivity contribution < 1.29 is 4.79 Å². The van der Waals surface area contributed by atoms with Gasteiger partial charge >= 0.3 is 0 Å². The Morgan fingerprint density at radius 3 is 2.64 bits per heavy atom. The molecule has 0 radical (unpaired) electrons. The fraction of sp³-hybridized carbons (Fsp3) is 0.238. The Bertz CT molecular complexity index is 1100. The van der Waals surface area contributed by atoms with Gasteiger partial charge in [-0.3, -0.25) is 4.79 Å². The van der Waals surface area contributed by atoms with E-state index in [0.717, 1.165) is 17.0 Å². The second kappa shape index (κ2) is 7.90. The molecule has 0 bridgehead atoms. The van der Waals surface area contributed by atoms with E-state index in [4.69, 9.17) is 0 Å². The molecule has 3 aromatic heterocycles. The predicted octanol–water partition coefficient (Wildman–Crippen LogP) is 3.69. The number of nitrogens with zero attached hydrogens (tertiary/aromatic N) is 5. The van der Waals surface area contributed by atoms with Gasteiger partial charge in [0.15, 0.2) is 0 Å². The lowest BCUT2D eigenvalue weighted by molar-refractivity contribution is 0.0734. The average Bonchev–Trinajstić information content (AvgIpc) is 3.32. The maximum absolute atomic E-state index is 13.2. The summed E-state index contributed by atoms with van der Waals surface area (Å²) in [4.78, 5) is 26.0. The van der Waals surface area contributed by atoms with E-state index >= 15 is 0 Å². The van der Waals surface area contributed by atoms with Gasteiger partial charge in [0.1, 0.15) is 0 Å². The summed E-state index contributed by atoms with van der Waals surface area (Å²) in [7, 11) is 0. The van der Waals surface area contributed by atoms with Crippen LogP contribution in [0.2, 0.25) is 0 Å². The molecule has 4 aromatic rings. The van der Waals surface area contributed by atoms with Crippen molar-refractivity contribution in [3.8, 4) is 0 Å².